The molecule has 4 rings (SSSR count). The number of carbonyl (C=O) groups excluding carboxylic acids is 2. The molecule has 0 saturated carbocycles. The third-order valence-electron chi connectivity index (χ3n) is 7.71. The first kappa shape index (κ1) is 28.2. The fourth-order valence-corrected chi connectivity index (χ4v) is 6.29. The Morgan fingerprint density at radius 1 is 1.21 bits per heavy atom. The Hall–Kier alpha value is -2.81. The van der Waals surface area contributed by atoms with Crippen LogP contribution in [0, 0.1) is 17.8 Å². The van der Waals surface area contributed by atoms with Crippen LogP contribution in [0.25, 0.3) is 11.6 Å². The van der Waals surface area contributed by atoms with E-state index in [-0.39, 0.29) is 24.2 Å². The van der Waals surface area contributed by atoms with E-state index in [4.69, 9.17) is 0 Å². The van der Waals surface area contributed by atoms with Crippen LogP contribution in [0.4, 0.5) is 0 Å². The first-order chi connectivity index (χ1) is 18.3. The zero-order chi connectivity index (χ0) is 27.4. The smallest absolute Gasteiger partial charge is 0.233 e. The van der Waals surface area contributed by atoms with Gasteiger partial charge in [0.25, 0.3) is 0 Å². The fraction of sp³-hybridized carbons (Fsp3) is 0.433. The number of aromatic hydroxyl groups is 1. The number of rotatable bonds is 10. The monoisotopic (exact) mass is 582 g/mol. The van der Waals surface area contributed by atoms with Crippen molar-refractivity contribution in [1.82, 2.24) is 9.88 Å². The maximum atomic E-state index is 13.2. The number of halogens is 1. The number of amides is 2. The molecule has 202 valence electrons. The van der Waals surface area contributed by atoms with Gasteiger partial charge in [-0.2, -0.15) is 0 Å². The van der Waals surface area contributed by atoms with E-state index in [1.165, 1.54) is 4.90 Å². The molecule has 1 saturated heterocycles. The molecule has 2 aliphatic rings. The molecule has 1 aliphatic heterocycles. The van der Waals surface area contributed by atoms with Crippen LogP contribution >= 0.6 is 15.9 Å². The molecule has 2 amide bonds. The average molecular weight is 584 g/mol. The second-order valence-electron chi connectivity index (χ2n) is 10.0. The van der Waals surface area contributed by atoms with Crippen molar-refractivity contribution >= 4 is 39.4 Å². The number of allylic oxidation sites excluding steroid dienone is 2. The van der Waals surface area contributed by atoms with Gasteiger partial charge in [0.2, 0.25) is 11.8 Å². The van der Waals surface area contributed by atoms with Gasteiger partial charge in [-0.05, 0) is 79.7 Å². The number of aliphatic hydroxyl groups is 2. The quantitative estimate of drug-likeness (QED) is 0.269. The van der Waals surface area contributed by atoms with Crippen molar-refractivity contribution in [3.05, 3.63) is 69.5 Å². The van der Waals surface area contributed by atoms with Crippen molar-refractivity contribution in [3.8, 4) is 5.75 Å². The summed E-state index contributed by atoms with van der Waals surface area (Å²) in [6.07, 6.45) is 5.21. The summed E-state index contributed by atoms with van der Waals surface area (Å²) in [5, 5.41) is 32.3. The van der Waals surface area contributed by atoms with Crippen LogP contribution in [0.5, 0.6) is 5.75 Å². The highest BCUT2D eigenvalue weighted by Gasteiger charge is 2.54. The summed E-state index contributed by atoms with van der Waals surface area (Å²) in [7, 11) is 0. The van der Waals surface area contributed by atoms with Gasteiger partial charge >= 0.3 is 0 Å². The number of phenolic OH excluding ortho intramolecular Hbond substituents is 1. The molecular weight excluding hydrogens is 548 g/mol. The number of likely N-dealkylation sites (tertiary alicyclic amines) is 1. The molecular formula is C30H35BrN2O5. The lowest BCUT2D eigenvalue weighted by atomic mass is 9.67. The summed E-state index contributed by atoms with van der Waals surface area (Å²) in [5.41, 5.74) is 3.85. The lowest BCUT2D eigenvalue weighted by Crippen LogP contribution is -2.39. The number of nitrogens with zero attached hydrogens (tertiary/aromatic N) is 2. The SMILES string of the molecule is CCCN1C(=O)[C@@H]2[C@@H](CC(CC)=C([C@H](O)CC/C(=C/c3cc(Br)ccc3O)c3ccccn3)[C@@H]2CO)C1=O. The van der Waals surface area contributed by atoms with Crippen molar-refractivity contribution in [3.63, 3.8) is 0 Å². The van der Waals surface area contributed by atoms with Crippen LogP contribution in [-0.2, 0) is 9.59 Å². The van der Waals surface area contributed by atoms with E-state index in [9.17, 15) is 24.9 Å². The molecule has 4 atom stereocenters. The van der Waals surface area contributed by atoms with Gasteiger partial charge < -0.3 is 15.3 Å². The van der Waals surface area contributed by atoms with Crippen molar-refractivity contribution in [2.24, 2.45) is 17.8 Å². The van der Waals surface area contributed by atoms with Crippen LogP contribution in [0.15, 0.2) is 58.2 Å². The second-order valence-corrected chi connectivity index (χ2v) is 10.9. The van der Waals surface area contributed by atoms with Gasteiger partial charge in [-0.3, -0.25) is 19.5 Å². The van der Waals surface area contributed by atoms with E-state index in [2.05, 4.69) is 20.9 Å². The maximum absolute atomic E-state index is 13.2. The van der Waals surface area contributed by atoms with Crippen LogP contribution in [0.3, 0.4) is 0 Å². The minimum atomic E-state index is -0.894. The number of fused-ring (bicyclic) bond motifs is 1. The molecule has 1 aromatic heterocycles. The Morgan fingerprint density at radius 3 is 2.66 bits per heavy atom. The van der Waals surface area contributed by atoms with Crippen molar-refractivity contribution in [1.29, 1.82) is 0 Å². The lowest BCUT2D eigenvalue weighted by Gasteiger charge is -2.36. The summed E-state index contributed by atoms with van der Waals surface area (Å²) in [6.45, 7) is 3.99. The first-order valence-corrected chi connectivity index (χ1v) is 14.1. The van der Waals surface area contributed by atoms with Crippen molar-refractivity contribution in [2.45, 2.75) is 52.1 Å². The standard InChI is InChI=1S/C30H35BrN2O5/c1-3-13-33-29(37)22-16-18(4-2)27(23(17-34)28(22)30(33)38)26(36)10-8-19(24-7-5-6-12-32-24)14-20-15-21(31)9-11-25(20)35/h5-7,9,11-12,14-15,22-23,26,28,34-36H,3-4,8,10,13,16-17H2,1-2H3/b19-14-/t22-,23+,26-,28-/m1/s1. The van der Waals surface area contributed by atoms with E-state index in [0.717, 1.165) is 21.3 Å². The molecule has 0 unspecified atom stereocenters. The maximum Gasteiger partial charge on any atom is 0.233 e. The van der Waals surface area contributed by atoms with E-state index in [1.54, 1.807) is 18.3 Å². The number of pyridine rings is 1. The number of hydrogen-bond acceptors (Lipinski definition) is 6. The molecule has 0 radical (unpaired) electrons. The van der Waals surface area contributed by atoms with Gasteiger partial charge in [0.05, 0.1) is 30.2 Å². The third kappa shape index (κ3) is 5.63. The summed E-state index contributed by atoms with van der Waals surface area (Å²) >= 11 is 3.45. The van der Waals surface area contributed by atoms with Gasteiger partial charge in [-0.1, -0.05) is 41.4 Å². The molecule has 2 heterocycles. The topological polar surface area (TPSA) is 111 Å². The molecule has 2 aromatic rings. The van der Waals surface area contributed by atoms with Crippen molar-refractivity contribution < 1.29 is 24.9 Å². The molecule has 7 nitrogen and oxygen atoms in total. The molecule has 1 aromatic carbocycles. The second kappa shape index (κ2) is 12.4. The molecule has 1 fully saturated rings. The van der Waals surface area contributed by atoms with Crippen LogP contribution in [0.1, 0.15) is 57.2 Å². The normalized spacial score (nSPS) is 22.7. The number of aliphatic hydroxyl groups excluding tert-OH is 2. The summed E-state index contributed by atoms with van der Waals surface area (Å²) in [5.74, 6) is -1.95. The highest BCUT2D eigenvalue weighted by atomic mass is 79.9. The predicted octanol–water partition coefficient (Wildman–Crippen LogP) is 4.96. The predicted molar refractivity (Wildman–Crippen MR) is 150 cm³/mol. The van der Waals surface area contributed by atoms with Gasteiger partial charge in [0, 0.05) is 28.7 Å². The molecule has 0 spiro atoms. The number of phenols is 1. The lowest BCUT2D eigenvalue weighted by molar-refractivity contribution is -0.140. The number of carbonyl (C=O) groups is 2. The zero-order valence-corrected chi connectivity index (χ0v) is 23.4. The number of hydrogen-bond donors (Lipinski definition) is 3. The van der Waals surface area contributed by atoms with E-state index < -0.39 is 23.9 Å². The van der Waals surface area contributed by atoms with Gasteiger partial charge in [-0.15, -0.1) is 0 Å². The van der Waals surface area contributed by atoms with E-state index in [1.807, 2.05) is 44.2 Å². The highest BCUT2D eigenvalue weighted by molar-refractivity contribution is 9.10. The third-order valence-corrected chi connectivity index (χ3v) is 8.20. The summed E-state index contributed by atoms with van der Waals surface area (Å²) in [6, 6.07) is 10.8. The highest BCUT2D eigenvalue weighted by Crippen LogP contribution is 2.47. The molecule has 3 N–H and O–H groups in total. The molecule has 8 heteroatoms. The fourth-order valence-electron chi connectivity index (χ4n) is 5.91. The minimum Gasteiger partial charge on any atom is -0.507 e. The Kier molecular flexibility index (Phi) is 9.18. The van der Waals surface area contributed by atoms with Crippen molar-refractivity contribution in [2.75, 3.05) is 13.2 Å². The van der Waals surface area contributed by atoms with Crippen LogP contribution < -0.4 is 0 Å². The first-order valence-electron chi connectivity index (χ1n) is 13.3. The summed E-state index contributed by atoms with van der Waals surface area (Å²) < 4.78 is 0.829. The molecule has 1 aliphatic carbocycles. The number of benzene rings is 1. The Morgan fingerprint density at radius 2 is 2.00 bits per heavy atom. The average Bonchev–Trinajstić information content (AvgIpc) is 3.16. The molecule has 38 heavy (non-hydrogen) atoms. The Labute approximate surface area is 232 Å². The van der Waals surface area contributed by atoms with E-state index >= 15 is 0 Å². The van der Waals surface area contributed by atoms with Crippen LogP contribution in [0.2, 0.25) is 0 Å². The van der Waals surface area contributed by atoms with Gasteiger partial charge in [0.15, 0.2) is 0 Å². The van der Waals surface area contributed by atoms with E-state index in [0.29, 0.717) is 49.8 Å². The van der Waals surface area contributed by atoms with Gasteiger partial charge in [-0.25, -0.2) is 0 Å². The van der Waals surface area contributed by atoms with Crippen LogP contribution in [-0.4, -0.2) is 56.3 Å². The van der Waals surface area contributed by atoms with Gasteiger partial charge in [0.1, 0.15) is 5.75 Å². The molecule has 0 bridgehead atoms. The number of aromatic nitrogens is 1. The minimum absolute atomic E-state index is 0.137. The largest absolute Gasteiger partial charge is 0.507 e. The summed E-state index contributed by atoms with van der Waals surface area (Å²) in [4.78, 5) is 32.1. The Balaban J connectivity index is 1.63. The zero-order valence-electron chi connectivity index (χ0n) is 21.8. The number of imide groups is 1. The Bertz CT molecular complexity index is 1240.